The third-order valence-electron chi connectivity index (χ3n) is 0.144. The Bertz CT molecular complexity index is 9.61. The molecule has 0 aliphatic heterocycles. The molecule has 3 heteroatoms. The summed E-state index contributed by atoms with van der Waals surface area (Å²) in [4.78, 5) is 0. The van der Waals surface area contributed by atoms with Gasteiger partial charge in [0.25, 0.3) is 0 Å². The quantitative estimate of drug-likeness (QED) is 0.694. The van der Waals surface area contributed by atoms with Crippen LogP contribution in [0.2, 0.25) is 0 Å². The zero-order chi connectivity index (χ0) is 3.41. The summed E-state index contributed by atoms with van der Waals surface area (Å²) in [5, 5.41) is 0. The molecular weight excluding hydrogens is 238 g/mol. The van der Waals surface area contributed by atoms with Crippen LogP contribution in [-0.4, -0.2) is 13.1 Å². The average Bonchev–Trinajstić information content (AvgIpc) is 1.37. The molecule has 33 valence electrons. The Morgan fingerprint density at radius 3 is 1.80 bits per heavy atom. The van der Waals surface area contributed by atoms with Gasteiger partial charge in [-0.1, -0.05) is 0 Å². The molecule has 0 saturated carbocycles. The standard InChI is InChI=1S/C2H7N2.Re/c3-1-2-4;/h3H,1-2,4H2;/q-1;. The van der Waals surface area contributed by atoms with Gasteiger partial charge in [-0.3, -0.25) is 0 Å². The van der Waals surface area contributed by atoms with Crippen LogP contribution < -0.4 is 5.73 Å². The SMILES string of the molecule is [NH-]CCN.[Re]. The molecule has 0 aliphatic carbocycles. The van der Waals surface area contributed by atoms with Crippen LogP contribution in [0.1, 0.15) is 0 Å². The molecule has 0 amide bonds. The molecule has 0 fully saturated rings. The molecule has 0 rings (SSSR count). The van der Waals surface area contributed by atoms with Crippen molar-refractivity contribution in [2.75, 3.05) is 13.1 Å². The third kappa shape index (κ3) is 12.2. The largest absolute Gasteiger partial charge is 0.676 e. The number of hydrogen-bond acceptors (Lipinski definition) is 1. The van der Waals surface area contributed by atoms with Crippen molar-refractivity contribution in [1.82, 2.24) is 0 Å². The summed E-state index contributed by atoms with van der Waals surface area (Å²) >= 11 is 0. The summed E-state index contributed by atoms with van der Waals surface area (Å²) in [6, 6.07) is 0. The van der Waals surface area contributed by atoms with Crippen LogP contribution in [0.4, 0.5) is 0 Å². The van der Waals surface area contributed by atoms with Gasteiger partial charge in [0.1, 0.15) is 0 Å². The van der Waals surface area contributed by atoms with E-state index in [9.17, 15) is 0 Å². The minimum Gasteiger partial charge on any atom is -0.676 e. The molecule has 0 bridgehead atoms. The van der Waals surface area contributed by atoms with E-state index in [1.165, 1.54) is 0 Å². The molecule has 1 radical (unpaired) electrons. The molecule has 0 aromatic carbocycles. The van der Waals surface area contributed by atoms with Crippen molar-refractivity contribution in [1.29, 1.82) is 0 Å². The average molecular weight is 245 g/mol. The molecule has 0 aromatic heterocycles. The van der Waals surface area contributed by atoms with Gasteiger partial charge in [-0.15, -0.1) is 6.54 Å². The summed E-state index contributed by atoms with van der Waals surface area (Å²) < 4.78 is 0. The first-order valence-corrected chi connectivity index (χ1v) is 1.26. The Labute approximate surface area is 45.6 Å². The van der Waals surface area contributed by atoms with Crippen molar-refractivity contribution in [3.63, 3.8) is 0 Å². The van der Waals surface area contributed by atoms with Crippen LogP contribution in [-0.2, 0) is 20.4 Å². The van der Waals surface area contributed by atoms with Gasteiger partial charge in [0.2, 0.25) is 0 Å². The van der Waals surface area contributed by atoms with Crippen LogP contribution >= 0.6 is 0 Å². The van der Waals surface area contributed by atoms with Crippen LogP contribution in [0.15, 0.2) is 0 Å². The van der Waals surface area contributed by atoms with Crippen molar-refractivity contribution in [3.05, 3.63) is 5.73 Å². The molecule has 5 heavy (non-hydrogen) atoms. The van der Waals surface area contributed by atoms with Gasteiger partial charge in [-0.25, -0.2) is 0 Å². The second-order valence-electron chi connectivity index (χ2n) is 0.539. The second kappa shape index (κ2) is 8.82. The molecule has 0 aromatic rings. The minimum atomic E-state index is 0. The Morgan fingerprint density at radius 1 is 1.60 bits per heavy atom. The van der Waals surface area contributed by atoms with Crippen molar-refractivity contribution in [2.45, 2.75) is 0 Å². The van der Waals surface area contributed by atoms with Crippen LogP contribution in [0.5, 0.6) is 0 Å². The monoisotopic (exact) mass is 246 g/mol. The number of rotatable bonds is 1. The molecule has 0 saturated heterocycles. The Hall–Kier alpha value is 0.582. The van der Waals surface area contributed by atoms with Crippen molar-refractivity contribution in [3.8, 4) is 0 Å². The molecule has 0 heterocycles. The zero-order valence-corrected chi connectivity index (χ0v) is 5.59. The van der Waals surface area contributed by atoms with E-state index in [2.05, 4.69) is 0 Å². The molecule has 0 atom stereocenters. The first-order chi connectivity index (χ1) is 1.91. The van der Waals surface area contributed by atoms with Gasteiger partial charge >= 0.3 is 0 Å². The fraction of sp³-hybridized carbons (Fsp3) is 1.00. The number of nitrogens with two attached hydrogens (primary N) is 1. The van der Waals surface area contributed by atoms with Crippen molar-refractivity contribution < 1.29 is 20.4 Å². The molecular formula is C2H7N2Re-. The van der Waals surface area contributed by atoms with Gasteiger partial charge in [-0.05, 0) is 6.54 Å². The fourth-order valence-electron chi connectivity index (χ4n) is 0. The maximum absolute atomic E-state index is 6.33. The van der Waals surface area contributed by atoms with Gasteiger partial charge in [0.05, 0.1) is 0 Å². The molecule has 0 aliphatic rings. The summed E-state index contributed by atoms with van der Waals surface area (Å²) in [6.07, 6.45) is 0. The van der Waals surface area contributed by atoms with Gasteiger partial charge in [0.15, 0.2) is 0 Å². The van der Waals surface area contributed by atoms with E-state index in [-0.39, 0.29) is 20.4 Å². The first-order valence-electron chi connectivity index (χ1n) is 1.26. The van der Waals surface area contributed by atoms with Gasteiger partial charge < -0.3 is 11.5 Å². The van der Waals surface area contributed by atoms with E-state index in [1.54, 1.807) is 0 Å². The zero-order valence-electron chi connectivity index (χ0n) is 2.87. The molecule has 0 unspecified atom stereocenters. The smallest absolute Gasteiger partial charge is 0 e. The maximum atomic E-state index is 6.33. The van der Waals surface area contributed by atoms with Crippen LogP contribution in [0.25, 0.3) is 5.73 Å². The van der Waals surface area contributed by atoms with Crippen LogP contribution in [0.3, 0.4) is 0 Å². The molecule has 0 spiro atoms. The van der Waals surface area contributed by atoms with E-state index in [4.69, 9.17) is 11.5 Å². The fourth-order valence-corrected chi connectivity index (χ4v) is 0. The Balaban J connectivity index is 0. The predicted molar refractivity (Wildman–Crippen MR) is 18.2 cm³/mol. The summed E-state index contributed by atoms with van der Waals surface area (Å²) in [6.45, 7) is 0.833. The Morgan fingerprint density at radius 2 is 1.80 bits per heavy atom. The summed E-state index contributed by atoms with van der Waals surface area (Å²) in [5.41, 5.74) is 11.2. The Kier molecular flexibility index (Phi) is 16.1. The minimum absolute atomic E-state index is 0. The van der Waals surface area contributed by atoms with E-state index < -0.39 is 0 Å². The number of nitrogens with one attached hydrogen (secondary N) is 1. The summed E-state index contributed by atoms with van der Waals surface area (Å²) in [7, 11) is 0. The van der Waals surface area contributed by atoms with E-state index in [0.29, 0.717) is 13.1 Å². The maximum Gasteiger partial charge on any atom is 0 e. The molecule has 3 N–H and O–H groups in total. The molecule has 2 nitrogen and oxygen atoms in total. The third-order valence-corrected chi connectivity index (χ3v) is 0.144. The second-order valence-corrected chi connectivity index (χ2v) is 0.539. The van der Waals surface area contributed by atoms with E-state index in [1.807, 2.05) is 0 Å². The first kappa shape index (κ1) is 9.13. The van der Waals surface area contributed by atoms with Gasteiger partial charge in [0, 0.05) is 20.4 Å². The topological polar surface area (TPSA) is 49.8 Å². The number of hydrogen-bond donors (Lipinski definition) is 1. The normalized spacial score (nSPS) is 6.00. The van der Waals surface area contributed by atoms with Gasteiger partial charge in [-0.2, -0.15) is 0 Å². The van der Waals surface area contributed by atoms with E-state index in [0.717, 1.165) is 0 Å². The van der Waals surface area contributed by atoms with E-state index >= 15 is 0 Å². The van der Waals surface area contributed by atoms with Crippen molar-refractivity contribution in [2.24, 2.45) is 5.73 Å². The summed E-state index contributed by atoms with van der Waals surface area (Å²) in [5.74, 6) is 0. The van der Waals surface area contributed by atoms with Crippen LogP contribution in [0, 0.1) is 0 Å². The predicted octanol–water partition coefficient (Wildman–Crippen LogP) is -0.00520. The van der Waals surface area contributed by atoms with Crippen molar-refractivity contribution >= 4 is 0 Å².